The van der Waals surface area contributed by atoms with Crippen molar-refractivity contribution in [3.63, 3.8) is 0 Å². The number of nitrogens with one attached hydrogen (secondary N) is 2. The second-order valence-corrected chi connectivity index (χ2v) is 6.29. The number of ether oxygens (including phenoxy) is 1. The van der Waals surface area contributed by atoms with Crippen molar-refractivity contribution in [1.82, 2.24) is 10.3 Å². The lowest BCUT2D eigenvalue weighted by molar-refractivity contribution is -0.384. The standard InChI is InChI=1S/C19H17N3O4/c1-26-19(23)16-10-14-13-4-2-3-5-15(13)20-18(14)17(21-16)11-6-8-12(9-7-11)22(24)25/h2-9,16-17,20-21H,10H2,1H3/t16-,17?/m0/s1. The molecule has 0 fully saturated rings. The first-order valence-electron chi connectivity index (χ1n) is 8.26. The molecule has 26 heavy (non-hydrogen) atoms. The smallest absolute Gasteiger partial charge is 0.323 e. The van der Waals surface area contributed by atoms with Crippen LogP contribution in [-0.2, 0) is 16.0 Å². The predicted molar refractivity (Wildman–Crippen MR) is 95.9 cm³/mol. The molecule has 0 spiro atoms. The Balaban J connectivity index is 1.83. The summed E-state index contributed by atoms with van der Waals surface area (Å²) < 4.78 is 4.93. The normalized spacial score (nSPS) is 19.1. The van der Waals surface area contributed by atoms with Gasteiger partial charge in [-0.1, -0.05) is 30.3 Å². The Bertz CT molecular complexity index is 994. The van der Waals surface area contributed by atoms with Gasteiger partial charge in [0.1, 0.15) is 6.04 Å². The molecular weight excluding hydrogens is 334 g/mol. The van der Waals surface area contributed by atoms with Gasteiger partial charge < -0.3 is 9.72 Å². The van der Waals surface area contributed by atoms with Crippen molar-refractivity contribution in [2.24, 2.45) is 0 Å². The number of carbonyl (C=O) groups is 1. The van der Waals surface area contributed by atoms with E-state index < -0.39 is 11.0 Å². The quantitative estimate of drug-likeness (QED) is 0.430. The summed E-state index contributed by atoms with van der Waals surface area (Å²) in [5.74, 6) is -0.326. The SMILES string of the molecule is COC(=O)[C@@H]1Cc2c([nH]c3ccccc23)C(c2ccc([N+](=O)[O-])cc2)N1. The molecule has 0 bridgehead atoms. The van der Waals surface area contributed by atoms with Crippen LogP contribution < -0.4 is 5.32 Å². The number of para-hydroxylation sites is 1. The molecule has 1 aromatic heterocycles. The van der Waals surface area contributed by atoms with Crippen LogP contribution in [0.3, 0.4) is 0 Å². The Morgan fingerprint density at radius 3 is 2.62 bits per heavy atom. The van der Waals surface area contributed by atoms with Gasteiger partial charge in [0.25, 0.3) is 5.69 Å². The molecule has 1 unspecified atom stereocenters. The van der Waals surface area contributed by atoms with Crippen LogP contribution in [0.4, 0.5) is 5.69 Å². The number of nitrogens with zero attached hydrogens (tertiary/aromatic N) is 1. The molecule has 0 saturated heterocycles. The highest BCUT2D eigenvalue weighted by atomic mass is 16.6. The molecule has 0 aliphatic carbocycles. The number of rotatable bonds is 3. The fraction of sp³-hybridized carbons (Fsp3) is 0.211. The van der Waals surface area contributed by atoms with E-state index in [9.17, 15) is 14.9 Å². The number of benzene rings is 2. The summed E-state index contributed by atoms with van der Waals surface area (Å²) in [7, 11) is 1.37. The summed E-state index contributed by atoms with van der Waals surface area (Å²) in [6.45, 7) is 0. The second-order valence-electron chi connectivity index (χ2n) is 6.29. The molecule has 1 aliphatic heterocycles. The highest BCUT2D eigenvalue weighted by molar-refractivity contribution is 5.87. The van der Waals surface area contributed by atoms with E-state index in [0.717, 1.165) is 27.7 Å². The molecule has 2 aromatic carbocycles. The van der Waals surface area contributed by atoms with Gasteiger partial charge in [-0.2, -0.15) is 0 Å². The van der Waals surface area contributed by atoms with Gasteiger partial charge in [0.15, 0.2) is 0 Å². The first-order chi connectivity index (χ1) is 12.6. The third-order valence-corrected chi connectivity index (χ3v) is 4.83. The van der Waals surface area contributed by atoms with Crippen LogP contribution >= 0.6 is 0 Å². The molecule has 2 heterocycles. The van der Waals surface area contributed by atoms with E-state index in [1.807, 2.05) is 24.3 Å². The molecule has 7 nitrogen and oxygen atoms in total. The van der Waals surface area contributed by atoms with Crippen molar-refractivity contribution in [2.45, 2.75) is 18.5 Å². The number of non-ortho nitro benzene ring substituents is 1. The number of carbonyl (C=O) groups excluding carboxylic acids is 1. The highest BCUT2D eigenvalue weighted by Crippen LogP contribution is 2.35. The summed E-state index contributed by atoms with van der Waals surface area (Å²) >= 11 is 0. The minimum Gasteiger partial charge on any atom is -0.468 e. The zero-order valence-electron chi connectivity index (χ0n) is 14.1. The van der Waals surface area contributed by atoms with Gasteiger partial charge in [0.2, 0.25) is 0 Å². The summed E-state index contributed by atoms with van der Waals surface area (Å²) in [4.78, 5) is 26.1. The van der Waals surface area contributed by atoms with Crippen molar-refractivity contribution < 1.29 is 14.5 Å². The Morgan fingerprint density at radius 2 is 1.92 bits per heavy atom. The van der Waals surface area contributed by atoms with Gasteiger partial charge in [-0.3, -0.25) is 20.2 Å². The van der Waals surface area contributed by atoms with E-state index in [-0.39, 0.29) is 17.7 Å². The number of H-pyrrole nitrogens is 1. The van der Waals surface area contributed by atoms with Crippen LogP contribution in [0.25, 0.3) is 10.9 Å². The summed E-state index contributed by atoms with van der Waals surface area (Å²) in [5, 5.41) is 15.3. The summed E-state index contributed by atoms with van der Waals surface area (Å²) in [5.41, 5.74) is 3.91. The van der Waals surface area contributed by atoms with Crippen LogP contribution in [0, 0.1) is 10.1 Å². The molecule has 7 heteroatoms. The predicted octanol–water partition coefficient (Wildman–Crippen LogP) is 2.85. The number of nitro benzene ring substituents is 1. The molecule has 1 aliphatic rings. The minimum atomic E-state index is -0.480. The fourth-order valence-electron chi connectivity index (χ4n) is 3.58. The first-order valence-corrected chi connectivity index (χ1v) is 8.26. The highest BCUT2D eigenvalue weighted by Gasteiger charge is 2.34. The number of esters is 1. The number of hydrogen-bond acceptors (Lipinski definition) is 5. The number of hydrogen-bond donors (Lipinski definition) is 2. The lowest BCUT2D eigenvalue weighted by Gasteiger charge is -2.30. The largest absolute Gasteiger partial charge is 0.468 e. The average molecular weight is 351 g/mol. The average Bonchev–Trinajstić information content (AvgIpc) is 3.05. The van der Waals surface area contributed by atoms with E-state index >= 15 is 0 Å². The molecule has 2 N–H and O–H groups in total. The minimum absolute atomic E-state index is 0.0333. The fourth-order valence-corrected chi connectivity index (χ4v) is 3.58. The van der Waals surface area contributed by atoms with E-state index in [2.05, 4.69) is 10.3 Å². The molecule has 132 valence electrons. The number of fused-ring (bicyclic) bond motifs is 3. The van der Waals surface area contributed by atoms with Crippen molar-refractivity contribution >= 4 is 22.6 Å². The van der Waals surface area contributed by atoms with E-state index in [0.29, 0.717) is 6.42 Å². The van der Waals surface area contributed by atoms with Crippen LogP contribution in [0.15, 0.2) is 48.5 Å². The van der Waals surface area contributed by atoms with E-state index in [1.165, 1.54) is 19.2 Å². The Labute approximate surface area is 149 Å². The van der Waals surface area contributed by atoms with E-state index in [4.69, 9.17) is 4.74 Å². The maximum absolute atomic E-state index is 12.2. The number of nitro groups is 1. The van der Waals surface area contributed by atoms with Gasteiger partial charge in [-0.05, 0) is 17.2 Å². The molecule has 0 amide bonds. The maximum Gasteiger partial charge on any atom is 0.323 e. The topological polar surface area (TPSA) is 97.3 Å². The second kappa shape index (κ2) is 6.27. The van der Waals surface area contributed by atoms with Crippen LogP contribution in [-0.4, -0.2) is 29.0 Å². The van der Waals surface area contributed by atoms with Crippen molar-refractivity contribution in [3.8, 4) is 0 Å². The lowest BCUT2D eigenvalue weighted by Crippen LogP contribution is -2.45. The molecule has 4 rings (SSSR count). The van der Waals surface area contributed by atoms with Crippen LogP contribution in [0.2, 0.25) is 0 Å². The van der Waals surface area contributed by atoms with Crippen molar-refractivity contribution in [3.05, 3.63) is 75.5 Å². The lowest BCUT2D eigenvalue weighted by atomic mass is 9.90. The zero-order valence-corrected chi connectivity index (χ0v) is 14.1. The van der Waals surface area contributed by atoms with Crippen molar-refractivity contribution in [2.75, 3.05) is 7.11 Å². The van der Waals surface area contributed by atoms with Crippen LogP contribution in [0.5, 0.6) is 0 Å². The third kappa shape index (κ3) is 2.62. The maximum atomic E-state index is 12.2. The Hall–Kier alpha value is -3.19. The molecular formula is C19H17N3O4. The van der Waals surface area contributed by atoms with Crippen LogP contribution in [0.1, 0.15) is 22.9 Å². The Morgan fingerprint density at radius 1 is 1.19 bits per heavy atom. The number of aromatic amines is 1. The molecule has 0 saturated carbocycles. The third-order valence-electron chi connectivity index (χ3n) is 4.83. The molecule has 0 radical (unpaired) electrons. The van der Waals surface area contributed by atoms with Gasteiger partial charge in [0, 0.05) is 35.2 Å². The zero-order chi connectivity index (χ0) is 18.3. The molecule has 2 atom stereocenters. The van der Waals surface area contributed by atoms with Gasteiger partial charge in [0.05, 0.1) is 18.1 Å². The van der Waals surface area contributed by atoms with E-state index in [1.54, 1.807) is 12.1 Å². The van der Waals surface area contributed by atoms with Crippen molar-refractivity contribution in [1.29, 1.82) is 0 Å². The van der Waals surface area contributed by atoms with Gasteiger partial charge >= 0.3 is 5.97 Å². The van der Waals surface area contributed by atoms with Gasteiger partial charge in [-0.15, -0.1) is 0 Å². The Kier molecular flexibility index (Phi) is 3.93. The van der Waals surface area contributed by atoms with Gasteiger partial charge in [-0.25, -0.2) is 0 Å². The molecule has 3 aromatic rings. The summed E-state index contributed by atoms with van der Waals surface area (Å²) in [6.07, 6.45) is 0.523. The number of aromatic nitrogens is 1. The number of methoxy groups -OCH3 is 1. The first kappa shape index (κ1) is 16.3. The monoisotopic (exact) mass is 351 g/mol. The summed E-state index contributed by atoms with van der Waals surface area (Å²) in [6, 6.07) is 13.5.